The summed E-state index contributed by atoms with van der Waals surface area (Å²) >= 11 is 2.83. The topological polar surface area (TPSA) is 356 Å². The number of aliphatic hydroxyl groups is 2. The number of rotatable bonds is 14. The van der Waals surface area contributed by atoms with Gasteiger partial charge in [-0.3, -0.25) is 19.4 Å². The first-order chi connectivity index (χ1) is 51.0. The van der Waals surface area contributed by atoms with Gasteiger partial charge in [0.1, 0.15) is 0 Å². The van der Waals surface area contributed by atoms with Gasteiger partial charge in [-0.25, -0.2) is 34.1 Å². The van der Waals surface area contributed by atoms with Crippen LogP contribution >= 0.6 is 15.9 Å². The Balaban J connectivity index is -0.000000182. The second kappa shape index (κ2) is 77.9. The van der Waals surface area contributed by atoms with Crippen LogP contribution in [0.15, 0.2) is 207 Å². The number of hydrogen-bond donors (Lipinski definition) is 6. The molecule has 1 saturated heterocycles. The zero-order valence-electron chi connectivity index (χ0n) is 66.6. The molecule has 6 aromatic heterocycles. The van der Waals surface area contributed by atoms with Crippen molar-refractivity contribution in [3.8, 4) is 5.69 Å². The maximum Gasteiger partial charge on any atom is 2.00 e. The van der Waals surface area contributed by atoms with Crippen LogP contribution in [0.2, 0.25) is 0 Å². The summed E-state index contributed by atoms with van der Waals surface area (Å²) in [7, 11) is 0. The smallest absolute Gasteiger partial charge is 1.00 e. The molecule has 9 N–H and O–H groups in total. The van der Waals surface area contributed by atoms with Crippen LogP contribution in [0, 0.1) is 14.9 Å². The Morgan fingerprint density at radius 3 is 1.28 bits per heavy atom. The Hall–Kier alpha value is -8.81. The van der Waals surface area contributed by atoms with Crippen LogP contribution in [0.25, 0.3) is 38.4 Å². The molecule has 0 aliphatic carbocycles. The van der Waals surface area contributed by atoms with Crippen LogP contribution in [-0.4, -0.2) is 160 Å². The molecule has 7 heterocycles. The number of alkyl halides is 1. The Kier molecular flexibility index (Phi) is 82.8. The number of nitrogen functional groups attached to an aromatic ring is 3. The van der Waals surface area contributed by atoms with Gasteiger partial charge < -0.3 is 118 Å². The summed E-state index contributed by atoms with van der Waals surface area (Å²) in [6, 6.07) is 52.2. The van der Waals surface area contributed by atoms with E-state index in [0.717, 1.165) is 65.3 Å². The number of Topliss-reactive ketones (excluding diaryl/α,β-unsaturated/α-hetero) is 2. The normalized spacial score (nSPS) is 9.44. The zero-order valence-corrected chi connectivity index (χ0v) is 73.5. The number of nitrogens with one attached hydrogen (secondary N) is 1. The van der Waals surface area contributed by atoms with Gasteiger partial charge in [-0.2, -0.15) is 9.13 Å². The molecule has 4 aromatic carbocycles. The summed E-state index contributed by atoms with van der Waals surface area (Å²) in [6.45, 7) is 29.6. The van der Waals surface area contributed by atoms with Crippen molar-refractivity contribution in [2.45, 2.75) is 103 Å². The number of ketones is 2. The fourth-order valence-electron chi connectivity index (χ4n) is 7.70. The number of pyridine rings is 6. The van der Waals surface area contributed by atoms with E-state index < -0.39 is 35.4 Å². The molecule has 111 heavy (non-hydrogen) atoms. The zero-order chi connectivity index (χ0) is 79.0. The van der Waals surface area contributed by atoms with Crippen LogP contribution in [0.1, 0.15) is 127 Å². The molecule has 0 atom stereocenters. The Morgan fingerprint density at radius 1 is 0.514 bits per heavy atom. The SMILES string of the molecule is C1COCCN1.CC.CC.CC.CC.CCO.CCOC(=O)C(=O)CBr.CCOC(=O)C(=O)C[n+]1ccccc1.CCOC(=O)c1nc2ccccc2cc1-[n+]1ccccc1.CCOC(=O)c1nc2ccccc2cc1N.Nc1cc2ccccc2nc1CO.Nc1ccccc1C=O.[Br-].[Br-].[CH3-].[CH3-].[Cl-].[Mg+2].c1ccncc1. The minimum atomic E-state index is -0.774. The largest absolute Gasteiger partial charge is 2.00 e. The minimum Gasteiger partial charge on any atom is -1.00 e. The molecule has 0 unspecified atom stereocenters. The number of fused-ring (bicyclic) bond motifs is 3. The number of aliphatic hydroxyl groups excluding tert-OH is 2. The van der Waals surface area contributed by atoms with E-state index in [1.807, 2.05) is 200 Å². The number of nitrogens with zero attached hydrogens (tertiary/aromatic N) is 6. The number of para-hydroxylation sites is 4. The molecule has 0 radical (unpaired) electrons. The number of aldehydes is 1. The van der Waals surface area contributed by atoms with Gasteiger partial charge in [0.25, 0.3) is 0 Å². The van der Waals surface area contributed by atoms with Gasteiger partial charge in [0.2, 0.25) is 23.7 Å². The van der Waals surface area contributed by atoms with Crippen molar-refractivity contribution >= 4 is 130 Å². The van der Waals surface area contributed by atoms with Crippen LogP contribution in [-0.2, 0) is 56.0 Å². The van der Waals surface area contributed by atoms with Gasteiger partial charge in [0.05, 0.1) is 85.2 Å². The van der Waals surface area contributed by atoms with Crippen molar-refractivity contribution in [1.82, 2.24) is 25.3 Å². The molecule has 0 saturated carbocycles. The van der Waals surface area contributed by atoms with Gasteiger partial charge in [-0.1, -0.05) is 156 Å². The third-order valence-electron chi connectivity index (χ3n) is 12.1. The number of carbonyl (C=O) groups is 7. The molecule has 29 heteroatoms. The monoisotopic (exact) mass is 1760 g/mol. The molecule has 24 nitrogen and oxygen atoms in total. The number of hydrogen-bond acceptors (Lipinski definition) is 22. The number of morpholine rings is 1. The van der Waals surface area contributed by atoms with Gasteiger partial charge in [-0.15, -0.1) is 0 Å². The molecule has 1 fully saturated rings. The summed E-state index contributed by atoms with van der Waals surface area (Å²) in [6.07, 6.45) is 11.5. The minimum absolute atomic E-state index is 0. The van der Waals surface area contributed by atoms with Crippen LogP contribution in [0.3, 0.4) is 0 Å². The predicted octanol–water partition coefficient (Wildman–Crippen LogP) is 4.02. The van der Waals surface area contributed by atoms with E-state index in [1.165, 1.54) is 0 Å². The second-order valence-electron chi connectivity index (χ2n) is 19.2. The second-order valence-corrected chi connectivity index (χ2v) is 19.7. The molecule has 10 aromatic rings. The van der Waals surface area contributed by atoms with E-state index >= 15 is 0 Å². The molecule has 11 rings (SSSR count). The third-order valence-corrected chi connectivity index (χ3v) is 12.7. The summed E-state index contributed by atoms with van der Waals surface area (Å²) in [4.78, 5) is 93.5. The quantitative estimate of drug-likeness (QED) is 0.0103. The Bertz CT molecular complexity index is 3980. The van der Waals surface area contributed by atoms with E-state index in [4.69, 9.17) is 41.6 Å². The number of ether oxygens (including phenoxy) is 5. The Labute approximate surface area is 708 Å². The number of anilines is 3. The summed E-state index contributed by atoms with van der Waals surface area (Å²) < 4.78 is 27.4. The fourth-order valence-corrected chi connectivity index (χ4v) is 7.93. The van der Waals surface area contributed by atoms with Crippen molar-refractivity contribution in [2.24, 2.45) is 0 Å². The number of halogens is 4. The first-order valence-corrected chi connectivity index (χ1v) is 35.7. The number of carbonyl (C=O) groups excluding carboxylic acids is 7. The maximum atomic E-state index is 12.2. The third kappa shape index (κ3) is 49.9. The molecule has 0 spiro atoms. The molecule has 0 bridgehead atoms. The number of nitrogens with two attached hydrogens (primary N) is 3. The first-order valence-electron chi connectivity index (χ1n) is 34.6. The van der Waals surface area contributed by atoms with Crippen molar-refractivity contribution in [3.05, 3.63) is 245 Å². The predicted molar refractivity (Wildman–Crippen MR) is 438 cm³/mol. The van der Waals surface area contributed by atoms with Crippen LogP contribution in [0.5, 0.6) is 0 Å². The molecule has 1 aliphatic heterocycles. The van der Waals surface area contributed by atoms with E-state index in [9.17, 15) is 33.6 Å². The van der Waals surface area contributed by atoms with E-state index in [-0.39, 0.29) is 128 Å². The van der Waals surface area contributed by atoms with Gasteiger partial charge in [-0.05, 0) is 89.2 Å². The summed E-state index contributed by atoms with van der Waals surface area (Å²) in [5, 5.41) is 22.6. The maximum absolute atomic E-state index is 12.2. The summed E-state index contributed by atoms with van der Waals surface area (Å²) in [5.74, 6) is -3.52. The van der Waals surface area contributed by atoms with E-state index in [1.54, 1.807) is 106 Å². The fraction of sp³-hybridized carbons (Fsp3) is 0.305. The average Bonchev–Trinajstić information content (AvgIpc) is 0.799. The van der Waals surface area contributed by atoms with E-state index in [2.05, 4.69) is 50.7 Å². The number of benzene rings is 4. The van der Waals surface area contributed by atoms with Gasteiger partial charge in [0.15, 0.2) is 36.8 Å². The number of esters is 4. The van der Waals surface area contributed by atoms with Crippen LogP contribution in [0.4, 0.5) is 17.1 Å². The Morgan fingerprint density at radius 2 is 0.901 bits per heavy atom. The van der Waals surface area contributed by atoms with Crippen molar-refractivity contribution in [3.63, 3.8) is 0 Å². The molecular weight excluding hydrogens is 1650 g/mol. The average molecular weight is 1760 g/mol. The van der Waals surface area contributed by atoms with Crippen molar-refractivity contribution in [1.29, 1.82) is 0 Å². The van der Waals surface area contributed by atoms with Gasteiger partial charge >= 0.3 is 52.7 Å². The van der Waals surface area contributed by atoms with Crippen molar-refractivity contribution < 1.29 is 123 Å². The van der Waals surface area contributed by atoms with Crippen LogP contribution < -0.4 is 78.0 Å². The van der Waals surface area contributed by atoms with Crippen molar-refractivity contribution in [2.75, 3.05) is 81.9 Å². The van der Waals surface area contributed by atoms with Gasteiger partial charge in [0, 0.05) is 89.8 Å². The summed E-state index contributed by atoms with van der Waals surface area (Å²) in [5.41, 5.74) is 22.9. The molecular formula is C82H113Br3ClMgN10O14-. The molecule has 1 aliphatic rings. The molecule has 606 valence electrons. The first kappa shape index (κ1) is 118. The number of aromatic nitrogens is 6. The van der Waals surface area contributed by atoms with E-state index in [0.29, 0.717) is 52.9 Å². The molecule has 0 amide bonds. The standard InChI is InChI=1S/C17H15N2O2.C12H12N2O2.C10H10N2O.C10H12NO3.C7H7NO.C5H7BrO3.C5H5N.C4H9NO.C2H6O.4C2H6.2CH3.2BrH.ClH.Mg/c1-2-21-17(20)16-15(19-10-6-3-7-11-19)12-13-8-4-5-9-14(13)18-16;1-2-16-12(15)11-9(13)7-8-5-3-4-6-10(8)14-11;11-8-5-7-3-1-2-4-9(7)12-10(8)6-13;1-2-14-10(13)9(12)8-11-6-4-3-5-7-11;8-7-4-2-1-3-6(7)5-9;1-2-9-5(8)4(7)3-6;1-2-4-6-5-3-1;1-3-6-4-2-5-1;1-2-3;4*1-2;;;;;;/h3-12H,2H2,1H3;3-7H,2,13H2,1H3;1-5,13H,6,11H2;3-7H,2,8H2,1H3;1-5H,8H2;2-3H2,1H3;1-5H;5H,1-4H2;3H,2H2,1H3;4*1-2H3;2*1H3;3*1H;/q+1;;;+1;;;;;;;;;;2*-1;;;;+2/p-3.